The summed E-state index contributed by atoms with van der Waals surface area (Å²) in [5, 5.41) is 10.3. The summed E-state index contributed by atoms with van der Waals surface area (Å²) in [6.45, 7) is 8.78. The van der Waals surface area contributed by atoms with E-state index in [1.54, 1.807) is 33.5 Å². The van der Waals surface area contributed by atoms with Crippen molar-refractivity contribution >= 4 is 35.2 Å². The van der Waals surface area contributed by atoms with Crippen LogP contribution in [0.15, 0.2) is 42.5 Å². The maximum absolute atomic E-state index is 14.6. The fourth-order valence-corrected chi connectivity index (χ4v) is 8.84. The maximum Gasteiger partial charge on any atom is 0.251 e. The SMILES string of the molecule is Cc1cccc(C)c1N1CC=C[C@]23S[C@@H]4C=CCN(C)C(=O)[C@@H]4[C@H]2C(=O)N([C@@H](CO)CC(C)C)C3C1=O. The lowest BCUT2D eigenvalue weighted by Gasteiger charge is -2.39. The van der Waals surface area contributed by atoms with Crippen LogP contribution in [0.2, 0.25) is 0 Å². The molecule has 1 aromatic rings. The van der Waals surface area contributed by atoms with Gasteiger partial charge in [-0.25, -0.2) is 0 Å². The van der Waals surface area contributed by atoms with Crippen molar-refractivity contribution in [1.82, 2.24) is 9.80 Å². The van der Waals surface area contributed by atoms with E-state index < -0.39 is 28.7 Å². The molecule has 37 heavy (non-hydrogen) atoms. The van der Waals surface area contributed by atoms with E-state index in [0.717, 1.165) is 16.8 Å². The molecule has 1 spiro atoms. The van der Waals surface area contributed by atoms with Gasteiger partial charge in [0, 0.05) is 31.1 Å². The molecule has 1 unspecified atom stereocenters. The number of benzene rings is 1. The highest BCUT2D eigenvalue weighted by Gasteiger charge is 2.71. The van der Waals surface area contributed by atoms with Crippen LogP contribution in [0.5, 0.6) is 0 Å². The first-order valence-corrected chi connectivity index (χ1v) is 14.1. The predicted octanol–water partition coefficient (Wildman–Crippen LogP) is 2.94. The summed E-state index contributed by atoms with van der Waals surface area (Å²) in [5.41, 5.74) is 2.85. The van der Waals surface area contributed by atoms with Gasteiger partial charge in [-0.1, -0.05) is 56.4 Å². The first kappa shape index (κ1) is 26.0. The van der Waals surface area contributed by atoms with Gasteiger partial charge in [-0.05, 0) is 37.3 Å². The Morgan fingerprint density at radius 1 is 1.05 bits per heavy atom. The zero-order chi connectivity index (χ0) is 26.6. The lowest BCUT2D eigenvalue weighted by atomic mass is 9.78. The van der Waals surface area contributed by atoms with Crippen LogP contribution in [0.1, 0.15) is 31.4 Å². The van der Waals surface area contributed by atoms with Gasteiger partial charge in [-0.2, -0.15) is 0 Å². The number of aryl methyl sites for hydroxylation is 2. The van der Waals surface area contributed by atoms with Gasteiger partial charge in [0.2, 0.25) is 11.8 Å². The number of rotatable bonds is 5. The number of amides is 3. The van der Waals surface area contributed by atoms with Crippen molar-refractivity contribution in [1.29, 1.82) is 0 Å². The Morgan fingerprint density at radius 3 is 2.41 bits per heavy atom. The number of likely N-dealkylation sites (N-methyl/N-ethyl adjacent to an activating group) is 1. The molecule has 4 aliphatic rings. The summed E-state index contributed by atoms with van der Waals surface area (Å²) in [4.78, 5) is 47.7. The third-order valence-corrected chi connectivity index (χ3v) is 10.1. The van der Waals surface area contributed by atoms with Crippen molar-refractivity contribution in [3.8, 4) is 0 Å². The summed E-state index contributed by atoms with van der Waals surface area (Å²) in [6.07, 6.45) is 8.65. The number of carbonyl (C=O) groups is 3. The summed E-state index contributed by atoms with van der Waals surface area (Å²) >= 11 is 1.58. The zero-order valence-electron chi connectivity index (χ0n) is 22.3. The molecule has 5 rings (SSSR count). The van der Waals surface area contributed by atoms with Crippen molar-refractivity contribution in [3.05, 3.63) is 53.6 Å². The van der Waals surface area contributed by atoms with Crippen molar-refractivity contribution in [3.63, 3.8) is 0 Å². The summed E-state index contributed by atoms with van der Waals surface area (Å²) in [7, 11) is 1.77. The summed E-state index contributed by atoms with van der Waals surface area (Å²) in [6, 6.07) is 4.68. The number of para-hydroxylation sites is 1. The van der Waals surface area contributed by atoms with Crippen LogP contribution in [-0.2, 0) is 14.4 Å². The second-order valence-corrected chi connectivity index (χ2v) is 12.8. The van der Waals surface area contributed by atoms with Gasteiger partial charge in [-0.3, -0.25) is 14.4 Å². The monoisotopic (exact) mass is 523 g/mol. The molecule has 2 fully saturated rings. The van der Waals surface area contributed by atoms with Crippen LogP contribution < -0.4 is 4.90 Å². The fourth-order valence-electron chi connectivity index (χ4n) is 6.85. The topological polar surface area (TPSA) is 81.2 Å². The Morgan fingerprint density at radius 2 is 1.76 bits per heavy atom. The second-order valence-electron chi connectivity index (χ2n) is 11.3. The highest BCUT2D eigenvalue weighted by molar-refractivity contribution is 8.02. The molecule has 1 aromatic carbocycles. The van der Waals surface area contributed by atoms with Gasteiger partial charge in [0.05, 0.1) is 29.2 Å². The van der Waals surface area contributed by atoms with E-state index in [1.165, 1.54) is 0 Å². The number of aliphatic hydroxyl groups is 1. The van der Waals surface area contributed by atoms with Crippen LogP contribution in [0.3, 0.4) is 0 Å². The third-order valence-electron chi connectivity index (χ3n) is 8.36. The molecule has 4 aliphatic heterocycles. The molecule has 8 heteroatoms. The van der Waals surface area contributed by atoms with E-state index in [4.69, 9.17) is 0 Å². The standard InChI is InChI=1S/C29H37N3O4S/c1-17(2)15-20(16-33)32-25-28(36)31(24-18(3)9-6-10-19(24)4)14-8-12-29(25)23(27(32)35)22-21(37-29)11-7-13-30(5)26(22)34/h6-12,17,20-23,25,33H,13-16H2,1-5H3/t20-,21-,22+,23+,25?,29+/m1/s1. The van der Waals surface area contributed by atoms with Crippen LogP contribution in [0.4, 0.5) is 5.69 Å². The van der Waals surface area contributed by atoms with Gasteiger partial charge >= 0.3 is 0 Å². The van der Waals surface area contributed by atoms with Gasteiger partial charge in [0.1, 0.15) is 6.04 Å². The normalized spacial score (nSPS) is 32.0. The molecular weight excluding hydrogens is 486 g/mol. The predicted molar refractivity (Wildman–Crippen MR) is 146 cm³/mol. The maximum atomic E-state index is 14.6. The van der Waals surface area contributed by atoms with Gasteiger partial charge in [0.15, 0.2) is 0 Å². The molecule has 3 amide bonds. The van der Waals surface area contributed by atoms with Crippen molar-refractivity contribution in [2.75, 3.05) is 31.6 Å². The average molecular weight is 524 g/mol. The number of aliphatic hydroxyl groups excluding tert-OH is 1. The second kappa shape index (κ2) is 9.62. The number of anilines is 1. The minimum Gasteiger partial charge on any atom is -0.394 e. The molecule has 0 aromatic heterocycles. The number of nitrogens with zero attached hydrogens (tertiary/aromatic N) is 3. The molecule has 198 valence electrons. The molecule has 7 nitrogen and oxygen atoms in total. The van der Waals surface area contributed by atoms with Crippen molar-refractivity contribution in [2.45, 2.75) is 56.2 Å². The number of likely N-dealkylation sites (tertiary alicyclic amines) is 1. The Kier molecular flexibility index (Phi) is 6.77. The van der Waals surface area contributed by atoms with E-state index in [0.29, 0.717) is 19.5 Å². The van der Waals surface area contributed by atoms with E-state index in [9.17, 15) is 19.5 Å². The quantitative estimate of drug-likeness (QED) is 0.601. The number of hydrogen-bond acceptors (Lipinski definition) is 5. The third kappa shape index (κ3) is 3.95. The lowest BCUT2D eigenvalue weighted by molar-refractivity contribution is -0.144. The van der Waals surface area contributed by atoms with Gasteiger partial charge < -0.3 is 19.8 Å². The van der Waals surface area contributed by atoms with E-state index >= 15 is 0 Å². The smallest absolute Gasteiger partial charge is 0.251 e. The number of carbonyl (C=O) groups excluding carboxylic acids is 3. The van der Waals surface area contributed by atoms with Gasteiger partial charge in [0.25, 0.3) is 5.91 Å². The molecule has 0 saturated carbocycles. The van der Waals surface area contributed by atoms with Crippen molar-refractivity contribution in [2.24, 2.45) is 17.8 Å². The van der Waals surface area contributed by atoms with E-state index in [1.807, 2.05) is 56.4 Å². The fraction of sp³-hybridized carbons (Fsp3) is 0.552. The highest BCUT2D eigenvalue weighted by Crippen LogP contribution is 2.61. The van der Waals surface area contributed by atoms with Crippen LogP contribution in [-0.4, -0.2) is 81.5 Å². The number of hydrogen-bond donors (Lipinski definition) is 1. The molecule has 0 aliphatic carbocycles. The Hall–Kier alpha value is -2.58. The van der Waals surface area contributed by atoms with E-state index in [2.05, 4.69) is 13.8 Å². The highest BCUT2D eigenvalue weighted by atomic mass is 32.2. The molecule has 0 bridgehead atoms. The number of thioether (sulfide) groups is 1. The Bertz CT molecular complexity index is 1160. The van der Waals surface area contributed by atoms with Crippen LogP contribution in [0.25, 0.3) is 0 Å². The summed E-state index contributed by atoms with van der Waals surface area (Å²) in [5.74, 6) is -1.38. The van der Waals surface area contributed by atoms with Crippen molar-refractivity contribution < 1.29 is 19.5 Å². The van der Waals surface area contributed by atoms with Crippen LogP contribution in [0, 0.1) is 31.6 Å². The average Bonchev–Trinajstić information content (AvgIpc) is 3.18. The molecule has 4 heterocycles. The molecule has 6 atom stereocenters. The molecular formula is C29H37N3O4S. The largest absolute Gasteiger partial charge is 0.394 e. The van der Waals surface area contributed by atoms with Crippen LogP contribution >= 0.6 is 11.8 Å². The minimum absolute atomic E-state index is 0.0561. The number of fused-ring (bicyclic) bond motifs is 2. The Labute approximate surface area is 223 Å². The zero-order valence-corrected chi connectivity index (χ0v) is 23.1. The minimum atomic E-state index is -0.878. The molecule has 1 N–H and O–H groups in total. The Balaban J connectivity index is 1.68. The van der Waals surface area contributed by atoms with E-state index in [-0.39, 0.29) is 35.5 Å². The molecule has 2 saturated heterocycles. The summed E-state index contributed by atoms with van der Waals surface area (Å²) < 4.78 is -0.878. The molecule has 0 radical (unpaired) electrons. The first-order valence-electron chi connectivity index (χ1n) is 13.2. The lowest BCUT2D eigenvalue weighted by Crippen LogP contribution is -2.57. The first-order chi connectivity index (χ1) is 17.6. The van der Waals surface area contributed by atoms with Gasteiger partial charge in [-0.15, -0.1) is 11.8 Å².